The number of amides is 2. The van der Waals surface area contributed by atoms with Gasteiger partial charge in [0.1, 0.15) is 11.5 Å². The van der Waals surface area contributed by atoms with E-state index in [1.54, 1.807) is 25.3 Å². The highest BCUT2D eigenvalue weighted by molar-refractivity contribution is 5.96. The van der Waals surface area contributed by atoms with Gasteiger partial charge in [0.25, 0.3) is 5.91 Å². The standard InChI is InChI=1S/C14H19N3O4/c1-20-9-3-4-12(21-2)10(7-9)17-13(18)8-11-14(19)16-6-5-15-11/h3-4,7,11,15H,5-6,8H2,1-2H3,(H,16,19)(H,17,18)/p+1/t11-/m1/s1. The quantitative estimate of drug-likeness (QED) is 0.656. The molecule has 0 unspecified atom stereocenters. The van der Waals surface area contributed by atoms with E-state index >= 15 is 0 Å². The normalized spacial score (nSPS) is 17.8. The van der Waals surface area contributed by atoms with Crippen LogP contribution in [0.15, 0.2) is 18.2 Å². The molecule has 7 heteroatoms. The first-order chi connectivity index (χ1) is 10.1. The first-order valence-electron chi connectivity index (χ1n) is 6.77. The summed E-state index contributed by atoms with van der Waals surface area (Å²) in [5.41, 5.74) is 0.526. The maximum atomic E-state index is 12.1. The highest BCUT2D eigenvalue weighted by Crippen LogP contribution is 2.28. The van der Waals surface area contributed by atoms with Gasteiger partial charge in [0.2, 0.25) is 5.91 Å². The lowest BCUT2D eigenvalue weighted by Gasteiger charge is -2.20. The minimum Gasteiger partial charge on any atom is -0.497 e. The molecule has 21 heavy (non-hydrogen) atoms. The van der Waals surface area contributed by atoms with Crippen LogP contribution in [-0.4, -0.2) is 45.2 Å². The molecule has 1 aliphatic heterocycles. The van der Waals surface area contributed by atoms with Gasteiger partial charge in [0, 0.05) is 6.07 Å². The molecule has 1 fully saturated rings. The smallest absolute Gasteiger partial charge is 0.278 e. The predicted molar refractivity (Wildman–Crippen MR) is 76.4 cm³/mol. The van der Waals surface area contributed by atoms with Gasteiger partial charge in [-0.25, -0.2) is 0 Å². The van der Waals surface area contributed by atoms with Crippen LogP contribution in [0.4, 0.5) is 5.69 Å². The van der Waals surface area contributed by atoms with E-state index < -0.39 is 0 Å². The summed E-state index contributed by atoms with van der Waals surface area (Å²) < 4.78 is 10.3. The highest BCUT2D eigenvalue weighted by atomic mass is 16.5. The molecular weight excluding hydrogens is 274 g/mol. The summed E-state index contributed by atoms with van der Waals surface area (Å²) in [4.78, 5) is 23.7. The lowest BCUT2D eigenvalue weighted by atomic mass is 10.1. The lowest BCUT2D eigenvalue weighted by molar-refractivity contribution is -0.678. The van der Waals surface area contributed by atoms with Crippen molar-refractivity contribution in [2.24, 2.45) is 0 Å². The Kier molecular flexibility index (Phi) is 4.99. The summed E-state index contributed by atoms with van der Waals surface area (Å²) in [5, 5.41) is 7.38. The molecule has 4 N–H and O–H groups in total. The fraction of sp³-hybridized carbons (Fsp3) is 0.429. The molecule has 1 heterocycles. The molecule has 1 aromatic rings. The van der Waals surface area contributed by atoms with Crippen LogP contribution in [-0.2, 0) is 9.59 Å². The summed E-state index contributed by atoms with van der Waals surface area (Å²) in [6.07, 6.45) is 0.117. The van der Waals surface area contributed by atoms with Crippen molar-refractivity contribution >= 4 is 17.5 Å². The van der Waals surface area contributed by atoms with Gasteiger partial charge >= 0.3 is 0 Å². The Morgan fingerprint density at radius 1 is 1.43 bits per heavy atom. The third-order valence-electron chi connectivity index (χ3n) is 3.32. The number of anilines is 1. The number of nitrogens with one attached hydrogen (secondary N) is 2. The van der Waals surface area contributed by atoms with Gasteiger partial charge in [-0.3, -0.25) is 9.59 Å². The van der Waals surface area contributed by atoms with Crippen LogP contribution in [0.25, 0.3) is 0 Å². The van der Waals surface area contributed by atoms with Gasteiger partial charge in [-0.15, -0.1) is 0 Å². The Balaban J connectivity index is 2.03. The molecule has 0 aliphatic carbocycles. The number of carbonyl (C=O) groups excluding carboxylic acids is 2. The molecule has 1 aromatic carbocycles. The Labute approximate surface area is 123 Å². The molecule has 0 spiro atoms. The lowest BCUT2D eigenvalue weighted by Crippen LogP contribution is -2.96. The van der Waals surface area contributed by atoms with E-state index in [0.717, 1.165) is 6.54 Å². The zero-order chi connectivity index (χ0) is 15.2. The second-order valence-electron chi connectivity index (χ2n) is 4.74. The largest absolute Gasteiger partial charge is 0.497 e. The zero-order valence-electron chi connectivity index (χ0n) is 12.1. The number of nitrogens with two attached hydrogens (primary N) is 1. The molecule has 2 rings (SSSR count). The highest BCUT2D eigenvalue weighted by Gasteiger charge is 2.28. The number of ether oxygens (including phenoxy) is 2. The van der Waals surface area contributed by atoms with Gasteiger partial charge in [0.05, 0.1) is 39.4 Å². The van der Waals surface area contributed by atoms with Crippen LogP contribution in [0.5, 0.6) is 11.5 Å². The van der Waals surface area contributed by atoms with Crippen LogP contribution >= 0.6 is 0 Å². The van der Waals surface area contributed by atoms with Crippen LogP contribution in [0.3, 0.4) is 0 Å². The minimum atomic E-state index is -0.379. The average molecular weight is 294 g/mol. The van der Waals surface area contributed by atoms with Gasteiger partial charge in [-0.05, 0) is 12.1 Å². The minimum absolute atomic E-state index is 0.103. The van der Waals surface area contributed by atoms with Crippen molar-refractivity contribution in [2.75, 3.05) is 32.6 Å². The molecule has 0 saturated carbocycles. The van der Waals surface area contributed by atoms with Crippen LogP contribution < -0.4 is 25.4 Å². The van der Waals surface area contributed by atoms with Crippen LogP contribution in [0.2, 0.25) is 0 Å². The molecule has 0 radical (unpaired) electrons. The maximum absolute atomic E-state index is 12.1. The third-order valence-corrected chi connectivity index (χ3v) is 3.32. The van der Waals surface area contributed by atoms with Gasteiger partial charge in [-0.2, -0.15) is 0 Å². The van der Waals surface area contributed by atoms with Gasteiger partial charge in [0.15, 0.2) is 6.04 Å². The van der Waals surface area contributed by atoms with Crippen molar-refractivity contribution in [2.45, 2.75) is 12.5 Å². The van der Waals surface area contributed by atoms with Crippen molar-refractivity contribution in [3.63, 3.8) is 0 Å². The number of methoxy groups -OCH3 is 2. The summed E-state index contributed by atoms with van der Waals surface area (Å²) in [7, 11) is 3.08. The molecular formula is C14H20N3O4+. The topological polar surface area (TPSA) is 93.3 Å². The summed E-state index contributed by atoms with van der Waals surface area (Å²) in [6.45, 7) is 1.42. The Morgan fingerprint density at radius 2 is 2.24 bits per heavy atom. The van der Waals surface area contributed by atoms with E-state index in [0.29, 0.717) is 23.7 Å². The molecule has 1 atom stereocenters. The van der Waals surface area contributed by atoms with Crippen LogP contribution in [0.1, 0.15) is 6.42 Å². The second kappa shape index (κ2) is 6.94. The average Bonchev–Trinajstić information content (AvgIpc) is 2.49. The number of rotatable bonds is 5. The summed E-state index contributed by atoms with van der Waals surface area (Å²) in [6, 6.07) is 4.77. The van der Waals surface area contributed by atoms with E-state index in [2.05, 4.69) is 10.6 Å². The number of hydrogen-bond acceptors (Lipinski definition) is 4. The van der Waals surface area contributed by atoms with E-state index in [9.17, 15) is 9.59 Å². The van der Waals surface area contributed by atoms with Crippen molar-refractivity contribution in [1.29, 1.82) is 0 Å². The van der Waals surface area contributed by atoms with E-state index in [1.807, 2.05) is 5.32 Å². The molecule has 1 aliphatic rings. The summed E-state index contributed by atoms with van der Waals surface area (Å²) in [5.74, 6) is 0.822. The molecule has 2 amide bonds. The Hall–Kier alpha value is -2.28. The first kappa shape index (κ1) is 15.1. The molecule has 114 valence electrons. The monoisotopic (exact) mass is 294 g/mol. The van der Waals surface area contributed by atoms with Crippen molar-refractivity contribution in [3.8, 4) is 11.5 Å². The molecule has 0 aromatic heterocycles. The number of benzene rings is 1. The number of hydrogen-bond donors (Lipinski definition) is 3. The SMILES string of the molecule is COc1ccc(OC)c(NC(=O)C[C@H]2[NH2+]CCNC2=O)c1. The van der Waals surface area contributed by atoms with E-state index in [4.69, 9.17) is 9.47 Å². The van der Waals surface area contributed by atoms with Crippen molar-refractivity contribution in [1.82, 2.24) is 5.32 Å². The molecule has 0 bridgehead atoms. The fourth-order valence-corrected chi connectivity index (χ4v) is 2.21. The van der Waals surface area contributed by atoms with Gasteiger partial charge in [-0.1, -0.05) is 0 Å². The first-order valence-corrected chi connectivity index (χ1v) is 6.77. The van der Waals surface area contributed by atoms with Crippen molar-refractivity contribution in [3.05, 3.63) is 18.2 Å². The van der Waals surface area contributed by atoms with Crippen LogP contribution in [0, 0.1) is 0 Å². The van der Waals surface area contributed by atoms with Crippen molar-refractivity contribution < 1.29 is 24.4 Å². The molecule has 1 saturated heterocycles. The predicted octanol–water partition coefficient (Wildman–Crippen LogP) is -0.906. The Bertz CT molecular complexity index is 533. The second-order valence-corrected chi connectivity index (χ2v) is 4.74. The van der Waals surface area contributed by atoms with E-state index in [-0.39, 0.29) is 24.3 Å². The Morgan fingerprint density at radius 3 is 2.90 bits per heavy atom. The zero-order valence-corrected chi connectivity index (χ0v) is 12.1. The number of piperazine rings is 1. The third kappa shape index (κ3) is 3.85. The summed E-state index contributed by atoms with van der Waals surface area (Å²) >= 11 is 0. The van der Waals surface area contributed by atoms with E-state index in [1.165, 1.54) is 7.11 Å². The number of carbonyl (C=O) groups is 2. The fourth-order valence-electron chi connectivity index (χ4n) is 2.21. The van der Waals surface area contributed by atoms with Gasteiger partial charge < -0.3 is 25.4 Å². The molecule has 7 nitrogen and oxygen atoms in total. The maximum Gasteiger partial charge on any atom is 0.278 e. The number of quaternary nitrogens is 1.